The van der Waals surface area contributed by atoms with Crippen LogP contribution in [0.25, 0.3) is 0 Å². The lowest BCUT2D eigenvalue weighted by Gasteiger charge is -2.20. The SMILES string of the molecule is CC(=O)Nc1ccc(NC(=O)CCN(C(C)=O)C2CC2)cc1. The van der Waals surface area contributed by atoms with Crippen LogP contribution < -0.4 is 10.6 Å². The van der Waals surface area contributed by atoms with Gasteiger partial charge in [0.2, 0.25) is 17.7 Å². The van der Waals surface area contributed by atoms with Gasteiger partial charge < -0.3 is 15.5 Å². The summed E-state index contributed by atoms with van der Waals surface area (Å²) in [4.78, 5) is 36.1. The van der Waals surface area contributed by atoms with Crippen LogP contribution >= 0.6 is 0 Å². The molecule has 2 rings (SSSR count). The van der Waals surface area contributed by atoms with E-state index in [4.69, 9.17) is 0 Å². The molecule has 0 spiro atoms. The van der Waals surface area contributed by atoms with Crippen molar-refractivity contribution in [2.45, 2.75) is 39.2 Å². The number of hydrogen-bond donors (Lipinski definition) is 2. The van der Waals surface area contributed by atoms with Crippen LogP contribution in [0.5, 0.6) is 0 Å². The Morgan fingerprint density at radius 3 is 2.05 bits per heavy atom. The molecule has 6 nitrogen and oxygen atoms in total. The van der Waals surface area contributed by atoms with Crippen molar-refractivity contribution >= 4 is 29.1 Å². The minimum absolute atomic E-state index is 0.0231. The van der Waals surface area contributed by atoms with Gasteiger partial charge in [-0.2, -0.15) is 0 Å². The van der Waals surface area contributed by atoms with Crippen LogP contribution in [0.2, 0.25) is 0 Å². The van der Waals surface area contributed by atoms with Gasteiger partial charge in [0.25, 0.3) is 0 Å². The molecule has 2 N–H and O–H groups in total. The summed E-state index contributed by atoms with van der Waals surface area (Å²) in [5.41, 5.74) is 1.35. The maximum atomic E-state index is 11.9. The summed E-state index contributed by atoms with van der Waals surface area (Å²) in [5, 5.41) is 5.45. The zero-order valence-electron chi connectivity index (χ0n) is 12.9. The molecule has 0 saturated heterocycles. The smallest absolute Gasteiger partial charge is 0.226 e. The Bertz CT molecular complexity index is 565. The Labute approximate surface area is 129 Å². The van der Waals surface area contributed by atoms with Crippen molar-refractivity contribution in [1.82, 2.24) is 4.90 Å². The molecule has 3 amide bonds. The van der Waals surface area contributed by atoms with Crippen LogP contribution in [-0.4, -0.2) is 35.2 Å². The zero-order chi connectivity index (χ0) is 16.1. The molecule has 1 aromatic carbocycles. The number of anilines is 2. The summed E-state index contributed by atoms with van der Waals surface area (Å²) >= 11 is 0. The Balaban J connectivity index is 1.81. The van der Waals surface area contributed by atoms with Gasteiger partial charge in [-0.05, 0) is 37.1 Å². The average Bonchev–Trinajstić information content (AvgIpc) is 3.25. The lowest BCUT2D eigenvalue weighted by Crippen LogP contribution is -2.33. The van der Waals surface area contributed by atoms with E-state index in [9.17, 15) is 14.4 Å². The third-order valence-corrected chi connectivity index (χ3v) is 3.46. The van der Waals surface area contributed by atoms with E-state index in [0.29, 0.717) is 24.0 Å². The third-order valence-electron chi connectivity index (χ3n) is 3.46. The van der Waals surface area contributed by atoms with Crippen LogP contribution in [0.4, 0.5) is 11.4 Å². The lowest BCUT2D eigenvalue weighted by molar-refractivity contribution is -0.129. The minimum atomic E-state index is -0.138. The molecule has 0 heterocycles. The fourth-order valence-electron chi connectivity index (χ4n) is 2.27. The molecule has 0 aliphatic heterocycles. The number of nitrogens with one attached hydrogen (secondary N) is 2. The molecule has 0 aromatic heterocycles. The van der Waals surface area contributed by atoms with Gasteiger partial charge in [0, 0.05) is 44.2 Å². The van der Waals surface area contributed by atoms with Crippen LogP contribution in [0.15, 0.2) is 24.3 Å². The van der Waals surface area contributed by atoms with Gasteiger partial charge in [-0.3, -0.25) is 14.4 Å². The summed E-state index contributed by atoms with van der Waals surface area (Å²) < 4.78 is 0. The van der Waals surface area contributed by atoms with Gasteiger partial charge in [-0.25, -0.2) is 0 Å². The van der Waals surface area contributed by atoms with Gasteiger partial charge in [0.05, 0.1) is 0 Å². The van der Waals surface area contributed by atoms with Crippen LogP contribution in [0.1, 0.15) is 33.1 Å². The van der Waals surface area contributed by atoms with Crippen molar-refractivity contribution in [1.29, 1.82) is 0 Å². The Kier molecular flexibility index (Phi) is 5.14. The number of amides is 3. The van der Waals surface area contributed by atoms with Gasteiger partial charge >= 0.3 is 0 Å². The minimum Gasteiger partial charge on any atom is -0.339 e. The molecule has 0 atom stereocenters. The second-order valence-corrected chi connectivity index (χ2v) is 5.50. The molecule has 6 heteroatoms. The van der Waals surface area contributed by atoms with Crippen molar-refractivity contribution in [2.24, 2.45) is 0 Å². The van der Waals surface area contributed by atoms with E-state index in [-0.39, 0.29) is 24.1 Å². The van der Waals surface area contributed by atoms with Gasteiger partial charge in [0.1, 0.15) is 0 Å². The lowest BCUT2D eigenvalue weighted by atomic mass is 10.2. The first kappa shape index (κ1) is 16.0. The average molecular weight is 303 g/mol. The fourth-order valence-corrected chi connectivity index (χ4v) is 2.27. The molecule has 1 fully saturated rings. The van der Waals surface area contributed by atoms with Crippen molar-refractivity contribution in [3.05, 3.63) is 24.3 Å². The van der Waals surface area contributed by atoms with Crippen molar-refractivity contribution in [3.63, 3.8) is 0 Å². The number of hydrogen-bond acceptors (Lipinski definition) is 3. The van der Waals surface area contributed by atoms with Crippen molar-refractivity contribution in [3.8, 4) is 0 Å². The van der Waals surface area contributed by atoms with Crippen LogP contribution in [0.3, 0.4) is 0 Å². The summed E-state index contributed by atoms with van der Waals surface area (Å²) in [6.45, 7) is 3.43. The molecule has 1 aliphatic rings. The van der Waals surface area contributed by atoms with E-state index >= 15 is 0 Å². The molecule has 0 bridgehead atoms. The van der Waals surface area contributed by atoms with Gasteiger partial charge in [-0.15, -0.1) is 0 Å². The van der Waals surface area contributed by atoms with E-state index in [0.717, 1.165) is 12.8 Å². The monoisotopic (exact) mass is 303 g/mol. The molecular weight excluding hydrogens is 282 g/mol. The number of benzene rings is 1. The zero-order valence-corrected chi connectivity index (χ0v) is 12.9. The normalized spacial score (nSPS) is 13.4. The molecule has 1 aromatic rings. The first-order valence-electron chi connectivity index (χ1n) is 7.40. The van der Waals surface area contributed by atoms with E-state index < -0.39 is 0 Å². The second kappa shape index (κ2) is 7.06. The third kappa shape index (κ3) is 4.87. The van der Waals surface area contributed by atoms with Gasteiger partial charge in [0.15, 0.2) is 0 Å². The summed E-state index contributed by atoms with van der Waals surface area (Å²) in [7, 11) is 0. The predicted octanol–water partition coefficient (Wildman–Crippen LogP) is 1.98. The molecule has 1 saturated carbocycles. The van der Waals surface area contributed by atoms with Crippen LogP contribution in [0, 0.1) is 0 Å². The largest absolute Gasteiger partial charge is 0.339 e. The molecule has 22 heavy (non-hydrogen) atoms. The maximum absolute atomic E-state index is 11.9. The second-order valence-electron chi connectivity index (χ2n) is 5.50. The molecular formula is C16H21N3O3. The quantitative estimate of drug-likeness (QED) is 0.843. The first-order chi connectivity index (χ1) is 10.5. The summed E-state index contributed by atoms with van der Waals surface area (Å²) in [6, 6.07) is 7.23. The molecule has 1 aliphatic carbocycles. The van der Waals surface area contributed by atoms with E-state index in [1.165, 1.54) is 13.8 Å². The topological polar surface area (TPSA) is 78.5 Å². The van der Waals surface area contributed by atoms with Gasteiger partial charge in [-0.1, -0.05) is 0 Å². The van der Waals surface area contributed by atoms with Crippen molar-refractivity contribution < 1.29 is 14.4 Å². The number of nitrogens with zero attached hydrogens (tertiary/aromatic N) is 1. The molecule has 0 unspecified atom stereocenters. The number of carbonyl (C=O) groups excluding carboxylic acids is 3. The number of carbonyl (C=O) groups is 3. The predicted molar refractivity (Wildman–Crippen MR) is 84.4 cm³/mol. The Hall–Kier alpha value is -2.37. The molecule has 118 valence electrons. The fraction of sp³-hybridized carbons (Fsp3) is 0.438. The summed E-state index contributed by atoms with van der Waals surface area (Å²) in [6.07, 6.45) is 2.35. The standard InChI is InChI=1S/C16H21N3O3/c1-11(20)17-13-3-5-14(6-4-13)18-16(22)9-10-19(12(2)21)15-7-8-15/h3-6,15H,7-10H2,1-2H3,(H,17,20)(H,18,22). The highest BCUT2D eigenvalue weighted by molar-refractivity contribution is 5.92. The van der Waals surface area contributed by atoms with Crippen molar-refractivity contribution in [2.75, 3.05) is 17.2 Å². The molecule has 0 radical (unpaired) electrons. The van der Waals surface area contributed by atoms with Crippen LogP contribution in [-0.2, 0) is 14.4 Å². The van der Waals surface area contributed by atoms with E-state index in [1.807, 2.05) is 0 Å². The summed E-state index contributed by atoms with van der Waals surface area (Å²) in [5.74, 6) is -0.240. The maximum Gasteiger partial charge on any atom is 0.226 e. The first-order valence-corrected chi connectivity index (χ1v) is 7.40. The van der Waals surface area contributed by atoms with E-state index in [1.54, 1.807) is 29.2 Å². The highest BCUT2D eigenvalue weighted by Crippen LogP contribution is 2.26. The highest BCUT2D eigenvalue weighted by Gasteiger charge is 2.30. The number of rotatable bonds is 6. The highest BCUT2D eigenvalue weighted by atomic mass is 16.2. The Morgan fingerprint density at radius 1 is 1.05 bits per heavy atom. The van der Waals surface area contributed by atoms with E-state index in [2.05, 4.69) is 10.6 Å². The Morgan fingerprint density at radius 2 is 1.59 bits per heavy atom.